The van der Waals surface area contributed by atoms with Gasteiger partial charge in [0, 0.05) is 47.6 Å². The van der Waals surface area contributed by atoms with E-state index in [0.29, 0.717) is 27.5 Å². The molecule has 0 fully saturated rings. The van der Waals surface area contributed by atoms with Crippen molar-refractivity contribution in [1.82, 2.24) is 9.13 Å². The van der Waals surface area contributed by atoms with Crippen LogP contribution in [0.1, 0.15) is 95.7 Å². The van der Waals surface area contributed by atoms with Crippen LogP contribution in [0.2, 0.25) is 20.1 Å². The first-order valence-electron chi connectivity index (χ1n) is 19.0. The van der Waals surface area contributed by atoms with Crippen LogP contribution in [0.3, 0.4) is 0 Å². The minimum absolute atomic E-state index is 0.0126. The number of ether oxygens (including phenoxy) is 4. The molecule has 1 unspecified atom stereocenters. The van der Waals surface area contributed by atoms with Crippen molar-refractivity contribution < 1.29 is 87.3 Å². The average molecular weight is 1070 g/mol. The molecule has 0 spiro atoms. The predicted octanol–water partition coefficient (Wildman–Crippen LogP) is 12.8. The van der Waals surface area contributed by atoms with E-state index in [4.69, 9.17) is 63.5 Å². The van der Waals surface area contributed by atoms with Crippen LogP contribution in [-0.4, -0.2) is 55.9 Å². The zero-order valence-electron chi connectivity index (χ0n) is 36.2. The van der Waals surface area contributed by atoms with Crippen molar-refractivity contribution in [2.45, 2.75) is 71.6 Å². The molecule has 23 heteroatoms. The molecule has 2 aromatic heterocycles. The second-order valence-electron chi connectivity index (χ2n) is 16.2. The van der Waals surface area contributed by atoms with Gasteiger partial charge in [-0.15, -0.1) is 26.3 Å². The van der Waals surface area contributed by atoms with Crippen LogP contribution in [0.15, 0.2) is 72.8 Å². The van der Waals surface area contributed by atoms with Crippen LogP contribution in [0.25, 0.3) is 21.8 Å². The molecule has 6 aromatic rings. The number of nitrogens with zero attached hydrogens (tertiary/aromatic N) is 2. The Morgan fingerprint density at radius 3 is 1.48 bits per heavy atom. The van der Waals surface area contributed by atoms with Crippen molar-refractivity contribution in [2.75, 3.05) is 0 Å². The summed E-state index contributed by atoms with van der Waals surface area (Å²) in [6, 6.07) is 16.1. The van der Waals surface area contributed by atoms with Gasteiger partial charge in [0.15, 0.2) is 0 Å². The molecule has 67 heavy (non-hydrogen) atoms. The fraction of sp³-hybridized carbons (Fsp3) is 0.295. The van der Waals surface area contributed by atoms with E-state index >= 15 is 0 Å². The summed E-state index contributed by atoms with van der Waals surface area (Å²) in [6.07, 6.45) is -11.0. The number of carbonyl (C=O) groups is 3. The molecule has 0 aliphatic carbocycles. The standard InChI is InChI=1S/C22H20Cl2F3NO4.C22H18Cl2F3NO4.Mn.2O/c2*1-21(2,3)32-20(30)13-7-8-14(23)17(18(13)24)19(29)16-9-11-5-6-12(31-22(25,26)27)10-15(11)28(16)4;;;/h5-10,19,29H,1-4H3;5-10H,1-4H3;;;. The normalized spacial score (nSPS) is 12.3. The fourth-order valence-electron chi connectivity index (χ4n) is 6.35. The number of ketones is 1. The Morgan fingerprint density at radius 1 is 0.612 bits per heavy atom. The zero-order chi connectivity index (χ0) is 50.7. The van der Waals surface area contributed by atoms with Crippen LogP contribution in [0.5, 0.6) is 11.5 Å². The van der Waals surface area contributed by atoms with E-state index in [1.165, 1.54) is 76.8 Å². The third-order valence-electron chi connectivity index (χ3n) is 9.01. The molecule has 0 bridgehead atoms. The summed E-state index contributed by atoms with van der Waals surface area (Å²) in [5.41, 5.74) is -0.468. The molecule has 0 radical (unpaired) electrons. The van der Waals surface area contributed by atoms with Crippen LogP contribution >= 0.6 is 46.4 Å². The molecule has 0 amide bonds. The van der Waals surface area contributed by atoms with E-state index in [0.717, 1.165) is 6.07 Å². The number of aryl methyl sites for hydroxylation is 2. The summed E-state index contributed by atoms with van der Waals surface area (Å²) in [6.45, 7) is 10.2. The number of esters is 2. The summed E-state index contributed by atoms with van der Waals surface area (Å²) in [4.78, 5) is 38.3. The summed E-state index contributed by atoms with van der Waals surface area (Å²) in [7, 11) is 3.07. The van der Waals surface area contributed by atoms with Crippen LogP contribution in [-0.2, 0) is 46.1 Å². The Labute approximate surface area is 404 Å². The number of benzene rings is 4. The Balaban J connectivity index is 0.000000276. The van der Waals surface area contributed by atoms with Gasteiger partial charge in [-0.05, 0) is 102 Å². The summed E-state index contributed by atoms with van der Waals surface area (Å²) in [5, 5.41) is 12.0. The molecule has 0 aliphatic rings. The van der Waals surface area contributed by atoms with Crippen molar-refractivity contribution in [1.29, 1.82) is 0 Å². The Morgan fingerprint density at radius 2 is 1.03 bits per heavy atom. The van der Waals surface area contributed by atoms with Gasteiger partial charge in [0.05, 0.1) is 54.2 Å². The number of aliphatic hydroxyl groups is 1. The molecule has 1 atom stereocenters. The SMILES string of the molecule is Cn1c(C(=O)c2c(Cl)ccc(C(=O)OC(C)(C)C)c2Cl)cc2ccc(OC(F)(F)F)cc21.Cn1c(C(O)c2c(Cl)ccc(C(=O)OC(C)(C)C)c2Cl)cc2ccc(OC(F)(F)F)cc21.[O]=[Mn]=[O]. The first-order chi connectivity index (χ1) is 30.8. The molecule has 2 heterocycles. The van der Waals surface area contributed by atoms with E-state index < -0.39 is 74.1 Å². The van der Waals surface area contributed by atoms with E-state index in [1.54, 1.807) is 54.7 Å². The predicted molar refractivity (Wildman–Crippen MR) is 231 cm³/mol. The van der Waals surface area contributed by atoms with Gasteiger partial charge in [-0.25, -0.2) is 9.59 Å². The maximum atomic E-state index is 13.3. The van der Waals surface area contributed by atoms with Crippen LogP contribution in [0.4, 0.5) is 26.3 Å². The van der Waals surface area contributed by atoms with Crippen LogP contribution < -0.4 is 9.47 Å². The molecule has 1 N–H and O–H groups in total. The second kappa shape index (κ2) is 21.1. The number of fused-ring (bicyclic) bond motifs is 2. The van der Waals surface area contributed by atoms with Gasteiger partial charge in [0.25, 0.3) is 0 Å². The van der Waals surface area contributed by atoms with Gasteiger partial charge in [-0.3, -0.25) is 4.79 Å². The molecule has 12 nitrogen and oxygen atoms in total. The van der Waals surface area contributed by atoms with Gasteiger partial charge in [-0.2, -0.15) is 0 Å². The number of alkyl halides is 6. The Bertz CT molecular complexity index is 2900. The molecule has 6 rings (SSSR count). The van der Waals surface area contributed by atoms with Gasteiger partial charge >= 0.3 is 47.2 Å². The molecule has 4 aromatic carbocycles. The molecule has 0 saturated carbocycles. The monoisotopic (exact) mass is 1060 g/mol. The first kappa shape index (κ1) is 54.6. The van der Waals surface area contributed by atoms with Gasteiger partial charge < -0.3 is 33.2 Å². The molecule has 0 saturated heterocycles. The zero-order valence-corrected chi connectivity index (χ0v) is 40.4. The summed E-state index contributed by atoms with van der Waals surface area (Å²) in [5.74, 6) is -2.83. The van der Waals surface area contributed by atoms with E-state index in [9.17, 15) is 45.8 Å². The number of carbonyl (C=O) groups excluding carboxylic acids is 3. The van der Waals surface area contributed by atoms with Crippen molar-refractivity contribution in [2.24, 2.45) is 14.1 Å². The minimum atomic E-state index is -4.85. The Kier molecular flexibility index (Phi) is 17.2. The number of halogens is 10. The van der Waals surface area contributed by atoms with Crippen molar-refractivity contribution in [3.63, 3.8) is 0 Å². The molecular formula is C44H38Cl4F6MnN2O10. The number of hydrogen-bond donors (Lipinski definition) is 1. The fourth-order valence-corrected chi connectivity index (χ4v) is 7.63. The summed E-state index contributed by atoms with van der Waals surface area (Å²) >= 11 is 23.9. The third-order valence-corrected chi connectivity index (χ3v) is 10.5. The van der Waals surface area contributed by atoms with Crippen molar-refractivity contribution >= 4 is 85.9 Å². The topological polar surface area (TPSA) is 152 Å². The average Bonchev–Trinajstić information content (AvgIpc) is 3.67. The van der Waals surface area contributed by atoms with Crippen molar-refractivity contribution in [3.8, 4) is 11.5 Å². The molecular weight excluding hydrogens is 1030 g/mol. The second-order valence-corrected chi connectivity index (χ2v) is 17.9. The number of rotatable bonds is 8. The summed E-state index contributed by atoms with van der Waals surface area (Å²) < 4.78 is 114. The first-order valence-corrected chi connectivity index (χ1v) is 21.5. The van der Waals surface area contributed by atoms with E-state index in [1.807, 2.05) is 0 Å². The van der Waals surface area contributed by atoms with Crippen molar-refractivity contribution in [3.05, 3.63) is 127 Å². The number of hydrogen-bond acceptors (Lipinski definition) is 10. The number of aliphatic hydroxyl groups excluding tert-OH is 1. The quantitative estimate of drug-likeness (QED) is 0.0675. The Hall–Kier alpha value is -5.01. The maximum absolute atomic E-state index is 13.3. The molecule has 0 aliphatic heterocycles. The molecule has 361 valence electrons. The number of aromatic nitrogens is 2. The van der Waals surface area contributed by atoms with Gasteiger partial charge in [-0.1, -0.05) is 46.4 Å². The third kappa shape index (κ3) is 14.0. The van der Waals surface area contributed by atoms with Crippen LogP contribution in [0, 0.1) is 0 Å². The van der Waals surface area contributed by atoms with Gasteiger partial charge in [0.2, 0.25) is 5.78 Å². The van der Waals surface area contributed by atoms with E-state index in [-0.39, 0.29) is 48.0 Å². The van der Waals surface area contributed by atoms with Gasteiger partial charge in [0.1, 0.15) is 28.8 Å². The van der Waals surface area contributed by atoms with E-state index in [2.05, 4.69) is 9.47 Å².